The van der Waals surface area contributed by atoms with Crippen LogP contribution in [0.15, 0.2) is 0 Å². The molecular formula is C22H44O6S2Sn. The molecule has 0 radical (unpaired) electrons. The molecule has 0 aliphatic carbocycles. The number of aliphatic hydroxyl groups is 2. The van der Waals surface area contributed by atoms with Crippen molar-refractivity contribution in [3.05, 3.63) is 0 Å². The van der Waals surface area contributed by atoms with Crippen molar-refractivity contribution in [1.82, 2.24) is 0 Å². The zero-order chi connectivity index (χ0) is 24.7. The molecule has 0 saturated heterocycles. The molecule has 0 aromatic heterocycles. The average molecular weight is 587 g/mol. The molecular weight excluding hydrogens is 543 g/mol. The van der Waals surface area contributed by atoms with E-state index in [0.717, 1.165) is 62.0 Å². The Morgan fingerprint density at radius 3 is 1.26 bits per heavy atom. The predicted octanol–water partition coefficient (Wildman–Crippen LogP) is 2.80. The van der Waals surface area contributed by atoms with Crippen LogP contribution >= 0.6 is 23.5 Å². The Morgan fingerprint density at radius 1 is 0.774 bits per heavy atom. The first-order valence-corrected chi connectivity index (χ1v) is 19.0. The van der Waals surface area contributed by atoms with Gasteiger partial charge in [0.25, 0.3) is 0 Å². The first kappa shape index (κ1) is 35.9. The van der Waals surface area contributed by atoms with Crippen molar-refractivity contribution in [2.45, 2.75) is 99.8 Å². The number of aliphatic carboxylic acids is 2. The van der Waals surface area contributed by atoms with Gasteiger partial charge < -0.3 is 30.0 Å². The molecule has 0 fully saturated rings. The summed E-state index contributed by atoms with van der Waals surface area (Å²) in [7, 11) is 0. The van der Waals surface area contributed by atoms with E-state index in [-0.39, 0.29) is 21.1 Å². The number of aliphatic hydroxyl groups excluding tert-OH is 2. The van der Waals surface area contributed by atoms with Crippen molar-refractivity contribution >= 4 is 56.6 Å². The van der Waals surface area contributed by atoms with Crippen molar-refractivity contribution in [1.29, 1.82) is 0 Å². The fourth-order valence-corrected chi connectivity index (χ4v) is 4.37. The molecule has 0 bridgehead atoms. The number of carboxylic acid groups (broad SMARTS) is 2. The van der Waals surface area contributed by atoms with E-state index in [1.807, 2.05) is 0 Å². The number of unbranched alkanes of at least 4 members (excludes halogenated alkanes) is 2. The second kappa shape index (κ2) is 26.6. The van der Waals surface area contributed by atoms with Crippen LogP contribution in [0.3, 0.4) is 0 Å². The summed E-state index contributed by atoms with van der Waals surface area (Å²) >= 11 is 2.35. The summed E-state index contributed by atoms with van der Waals surface area (Å²) in [5.41, 5.74) is -2.74. The second-order valence-electron chi connectivity index (χ2n) is 7.34. The Morgan fingerprint density at radius 2 is 1.06 bits per heavy atom. The number of carbonyl (C=O) groups excluding carboxylic acids is 2. The molecule has 0 saturated carbocycles. The summed E-state index contributed by atoms with van der Waals surface area (Å²) in [4.78, 5) is 25.1. The van der Waals surface area contributed by atoms with Crippen LogP contribution in [0.5, 0.6) is 0 Å². The van der Waals surface area contributed by atoms with Crippen LogP contribution in [0, 0.1) is 11.8 Å². The van der Waals surface area contributed by atoms with Crippen LogP contribution in [-0.4, -0.2) is 65.7 Å². The minimum absolute atomic E-state index is 0.230. The molecule has 4 unspecified atom stereocenters. The molecule has 0 amide bonds. The van der Waals surface area contributed by atoms with Gasteiger partial charge in [-0.1, -0.05) is 66.2 Å². The maximum absolute atomic E-state index is 10.2. The average Bonchev–Trinajstić information content (AvgIpc) is 2.74. The summed E-state index contributed by atoms with van der Waals surface area (Å²) in [6.45, 7) is 8.45. The number of rotatable bonds is 16. The SMILES string of the molecule is CCCCC(CC)CSC(O)C(=O)[O-].CCCCC(CC)CSC(O)C(=O)[O-].[CH3][Sn+2][CH3]. The molecule has 184 valence electrons. The van der Waals surface area contributed by atoms with Gasteiger partial charge in [0.15, 0.2) is 0 Å². The molecule has 0 aliphatic rings. The van der Waals surface area contributed by atoms with E-state index in [1.165, 1.54) is 12.8 Å². The van der Waals surface area contributed by atoms with Crippen molar-refractivity contribution in [3.8, 4) is 0 Å². The van der Waals surface area contributed by atoms with E-state index in [1.54, 1.807) is 0 Å². The van der Waals surface area contributed by atoms with E-state index in [0.29, 0.717) is 23.3 Å². The second-order valence-corrected chi connectivity index (χ2v) is 12.4. The maximum atomic E-state index is 10.2. The molecule has 6 nitrogen and oxygen atoms in total. The predicted molar refractivity (Wildman–Crippen MR) is 131 cm³/mol. The Hall–Kier alpha value is 0.359. The van der Waals surface area contributed by atoms with Gasteiger partial charge in [-0.3, -0.25) is 0 Å². The Balaban J connectivity index is -0.000000448. The third-order valence-corrected chi connectivity index (χ3v) is 6.81. The van der Waals surface area contributed by atoms with Crippen LogP contribution in [0.25, 0.3) is 0 Å². The minimum atomic E-state index is -1.39. The standard InChI is InChI=1S/2C10H20O3S.2CH3.Sn/c2*1-3-5-6-8(4-2)7-14-10(13)9(11)12;;;/h2*8,10,13H,3-7H2,1-2H3,(H,11,12);2*1H3;/q;;;;+2/p-2. The van der Waals surface area contributed by atoms with Gasteiger partial charge in [-0.15, -0.1) is 23.5 Å². The topological polar surface area (TPSA) is 121 Å². The summed E-state index contributed by atoms with van der Waals surface area (Å²) < 4.78 is 0. The van der Waals surface area contributed by atoms with Crippen LogP contribution < -0.4 is 10.2 Å². The van der Waals surface area contributed by atoms with Gasteiger partial charge in [0.2, 0.25) is 0 Å². The van der Waals surface area contributed by atoms with Gasteiger partial charge in [-0.05, 0) is 36.2 Å². The van der Waals surface area contributed by atoms with Crippen LogP contribution in [-0.2, 0) is 9.59 Å². The molecule has 0 aliphatic heterocycles. The van der Waals surface area contributed by atoms with Crippen molar-refractivity contribution < 1.29 is 30.0 Å². The monoisotopic (exact) mass is 588 g/mol. The van der Waals surface area contributed by atoms with Gasteiger partial charge in [-0.2, -0.15) is 0 Å². The zero-order valence-electron chi connectivity index (χ0n) is 20.2. The number of carboxylic acids is 2. The number of thioether (sulfide) groups is 2. The molecule has 2 N–H and O–H groups in total. The molecule has 9 heteroatoms. The molecule has 0 aromatic carbocycles. The van der Waals surface area contributed by atoms with Crippen LogP contribution in [0.2, 0.25) is 9.88 Å². The molecule has 0 aromatic rings. The zero-order valence-corrected chi connectivity index (χ0v) is 24.7. The van der Waals surface area contributed by atoms with E-state index in [9.17, 15) is 19.8 Å². The van der Waals surface area contributed by atoms with Crippen molar-refractivity contribution in [2.24, 2.45) is 11.8 Å². The third kappa shape index (κ3) is 26.5. The first-order chi connectivity index (χ1) is 14.6. The Labute approximate surface area is 209 Å². The molecule has 4 atom stereocenters. The van der Waals surface area contributed by atoms with Gasteiger partial charge in [0.05, 0.1) is 11.9 Å². The van der Waals surface area contributed by atoms with Gasteiger partial charge in [0, 0.05) is 0 Å². The molecule has 0 rings (SSSR count). The molecule has 31 heavy (non-hydrogen) atoms. The third-order valence-electron chi connectivity index (χ3n) is 4.47. The van der Waals surface area contributed by atoms with Crippen molar-refractivity contribution in [2.75, 3.05) is 11.5 Å². The van der Waals surface area contributed by atoms with Crippen molar-refractivity contribution in [3.63, 3.8) is 0 Å². The normalized spacial score (nSPS) is 13.9. The quantitative estimate of drug-likeness (QED) is 0.209. The van der Waals surface area contributed by atoms with E-state index < -0.39 is 22.8 Å². The number of carbonyl (C=O) groups is 2. The molecule has 0 heterocycles. The van der Waals surface area contributed by atoms with E-state index in [2.05, 4.69) is 37.6 Å². The number of hydrogen-bond donors (Lipinski definition) is 2. The van der Waals surface area contributed by atoms with Crippen LogP contribution in [0.1, 0.15) is 79.1 Å². The summed E-state index contributed by atoms with van der Waals surface area (Å²) in [6.07, 6.45) is 8.94. The fraction of sp³-hybridized carbons (Fsp3) is 0.909. The Kier molecular flexibility index (Phi) is 30.8. The van der Waals surface area contributed by atoms with Gasteiger partial charge in [-0.25, -0.2) is 0 Å². The van der Waals surface area contributed by atoms with Gasteiger partial charge in [0.1, 0.15) is 10.9 Å². The summed E-state index contributed by atoms with van der Waals surface area (Å²) in [5.74, 6) is -0.360. The van der Waals surface area contributed by atoms with E-state index in [4.69, 9.17) is 10.2 Å². The summed E-state index contributed by atoms with van der Waals surface area (Å²) in [6, 6.07) is 0. The van der Waals surface area contributed by atoms with Crippen LogP contribution in [0.4, 0.5) is 0 Å². The fourth-order valence-electron chi connectivity index (χ4n) is 2.39. The number of hydrogen-bond acceptors (Lipinski definition) is 8. The van der Waals surface area contributed by atoms with Gasteiger partial charge >= 0.3 is 31.0 Å². The molecule has 0 spiro atoms. The first-order valence-electron chi connectivity index (χ1n) is 11.2. The van der Waals surface area contributed by atoms with E-state index >= 15 is 0 Å². The Bertz CT molecular complexity index is 379. The summed E-state index contributed by atoms with van der Waals surface area (Å²) in [5, 5.41) is 38.5.